The zero-order chi connectivity index (χ0) is 9.64. The molecule has 1 amide bonds. The summed E-state index contributed by atoms with van der Waals surface area (Å²) in [5, 5.41) is 1.37. The number of fused-ring (bicyclic) bond motifs is 1. The third kappa shape index (κ3) is 1.17. The van der Waals surface area contributed by atoms with Crippen molar-refractivity contribution in [1.29, 1.82) is 0 Å². The lowest BCUT2D eigenvalue weighted by Crippen LogP contribution is -2.34. The normalized spacial score (nSPS) is 41.5. The van der Waals surface area contributed by atoms with Gasteiger partial charge in [-0.1, -0.05) is 6.92 Å². The van der Waals surface area contributed by atoms with Crippen molar-refractivity contribution in [3.05, 3.63) is 0 Å². The molecule has 3 heteroatoms. The SMILES string of the molecule is CON(C)C(=O)[C@H]1CCC2CC21C. The molecule has 2 aliphatic carbocycles. The van der Waals surface area contributed by atoms with Crippen LogP contribution in [0.1, 0.15) is 26.2 Å². The van der Waals surface area contributed by atoms with Crippen LogP contribution in [-0.4, -0.2) is 25.1 Å². The predicted molar refractivity (Wildman–Crippen MR) is 48.7 cm³/mol. The lowest BCUT2D eigenvalue weighted by atomic mass is 9.91. The average Bonchev–Trinajstić information content (AvgIpc) is 2.67. The van der Waals surface area contributed by atoms with Crippen molar-refractivity contribution in [2.75, 3.05) is 14.2 Å². The molecule has 2 saturated carbocycles. The van der Waals surface area contributed by atoms with E-state index in [0.29, 0.717) is 5.41 Å². The quantitative estimate of drug-likeness (QED) is 0.606. The van der Waals surface area contributed by atoms with Crippen LogP contribution in [0.15, 0.2) is 0 Å². The van der Waals surface area contributed by atoms with E-state index in [-0.39, 0.29) is 11.8 Å². The first-order chi connectivity index (χ1) is 6.09. The van der Waals surface area contributed by atoms with Crippen LogP contribution in [0.4, 0.5) is 0 Å². The molecule has 0 radical (unpaired) electrons. The Morgan fingerprint density at radius 1 is 1.54 bits per heavy atom. The first-order valence-electron chi connectivity index (χ1n) is 4.91. The van der Waals surface area contributed by atoms with Crippen molar-refractivity contribution >= 4 is 5.91 Å². The largest absolute Gasteiger partial charge is 0.275 e. The fourth-order valence-corrected chi connectivity index (χ4v) is 2.74. The fourth-order valence-electron chi connectivity index (χ4n) is 2.74. The van der Waals surface area contributed by atoms with Crippen molar-refractivity contribution in [3.8, 4) is 0 Å². The van der Waals surface area contributed by atoms with Gasteiger partial charge in [0.1, 0.15) is 0 Å². The number of nitrogens with zero attached hydrogens (tertiary/aromatic N) is 1. The van der Waals surface area contributed by atoms with Crippen LogP contribution in [0.3, 0.4) is 0 Å². The summed E-state index contributed by atoms with van der Waals surface area (Å²) in [4.78, 5) is 16.7. The van der Waals surface area contributed by atoms with E-state index in [1.807, 2.05) is 0 Å². The monoisotopic (exact) mass is 183 g/mol. The Labute approximate surface area is 79.0 Å². The standard InChI is InChI=1S/C10H17NO2/c1-10-6-7(10)4-5-8(10)9(12)11(2)13-3/h7-8H,4-6H2,1-3H3/t7?,8-,10?/m1/s1. The van der Waals surface area contributed by atoms with Gasteiger partial charge in [-0.25, -0.2) is 5.06 Å². The second-order valence-electron chi connectivity index (χ2n) is 4.56. The summed E-state index contributed by atoms with van der Waals surface area (Å²) >= 11 is 0. The molecule has 0 aliphatic heterocycles. The molecule has 13 heavy (non-hydrogen) atoms. The summed E-state index contributed by atoms with van der Waals surface area (Å²) in [6.45, 7) is 2.23. The van der Waals surface area contributed by atoms with E-state index < -0.39 is 0 Å². The van der Waals surface area contributed by atoms with Crippen LogP contribution in [0.5, 0.6) is 0 Å². The molecular weight excluding hydrogens is 166 g/mol. The molecule has 3 atom stereocenters. The Bertz CT molecular complexity index is 239. The van der Waals surface area contributed by atoms with Gasteiger partial charge in [-0.3, -0.25) is 9.63 Å². The highest BCUT2D eigenvalue weighted by molar-refractivity contribution is 5.79. The highest BCUT2D eigenvalue weighted by Gasteiger charge is 2.61. The van der Waals surface area contributed by atoms with E-state index in [1.165, 1.54) is 17.9 Å². The third-order valence-electron chi connectivity index (χ3n) is 3.94. The van der Waals surface area contributed by atoms with Crippen LogP contribution >= 0.6 is 0 Å². The van der Waals surface area contributed by atoms with Gasteiger partial charge in [-0.05, 0) is 30.6 Å². The summed E-state index contributed by atoms with van der Waals surface area (Å²) in [7, 11) is 3.24. The van der Waals surface area contributed by atoms with Gasteiger partial charge in [-0.15, -0.1) is 0 Å². The van der Waals surface area contributed by atoms with Gasteiger partial charge in [0.2, 0.25) is 5.91 Å². The van der Waals surface area contributed by atoms with Gasteiger partial charge >= 0.3 is 0 Å². The van der Waals surface area contributed by atoms with E-state index in [9.17, 15) is 4.79 Å². The molecule has 0 N–H and O–H groups in total. The third-order valence-corrected chi connectivity index (χ3v) is 3.94. The molecular formula is C10H17NO2. The molecule has 74 valence electrons. The maximum Gasteiger partial charge on any atom is 0.249 e. The van der Waals surface area contributed by atoms with E-state index in [1.54, 1.807) is 14.2 Å². The van der Waals surface area contributed by atoms with Crippen molar-refractivity contribution in [2.45, 2.75) is 26.2 Å². The predicted octanol–water partition coefficient (Wildman–Crippen LogP) is 1.44. The Hall–Kier alpha value is -0.570. The topological polar surface area (TPSA) is 29.5 Å². The maximum atomic E-state index is 11.8. The van der Waals surface area contributed by atoms with E-state index in [4.69, 9.17) is 4.84 Å². The number of amides is 1. The fraction of sp³-hybridized carbons (Fsp3) is 0.900. The molecule has 0 saturated heterocycles. The molecule has 2 unspecified atom stereocenters. The molecule has 2 fully saturated rings. The van der Waals surface area contributed by atoms with E-state index in [2.05, 4.69) is 6.92 Å². The van der Waals surface area contributed by atoms with Crippen LogP contribution < -0.4 is 0 Å². The van der Waals surface area contributed by atoms with Crippen molar-refractivity contribution in [2.24, 2.45) is 17.3 Å². The van der Waals surface area contributed by atoms with E-state index in [0.717, 1.165) is 12.3 Å². The van der Waals surface area contributed by atoms with Gasteiger partial charge in [0, 0.05) is 13.0 Å². The van der Waals surface area contributed by atoms with Crippen molar-refractivity contribution in [3.63, 3.8) is 0 Å². The Balaban J connectivity index is 2.05. The number of rotatable bonds is 2. The summed E-state index contributed by atoms with van der Waals surface area (Å²) in [5.74, 6) is 1.18. The number of hydrogen-bond donors (Lipinski definition) is 0. The molecule has 0 aromatic heterocycles. The van der Waals surface area contributed by atoms with Gasteiger partial charge in [-0.2, -0.15) is 0 Å². The van der Waals surface area contributed by atoms with Gasteiger partial charge in [0.05, 0.1) is 7.11 Å². The second kappa shape index (κ2) is 2.71. The Kier molecular flexibility index (Phi) is 1.88. The van der Waals surface area contributed by atoms with Gasteiger partial charge < -0.3 is 0 Å². The number of carbonyl (C=O) groups excluding carboxylic acids is 1. The molecule has 0 bridgehead atoms. The maximum absolute atomic E-state index is 11.8. The zero-order valence-electron chi connectivity index (χ0n) is 8.54. The lowest BCUT2D eigenvalue weighted by Gasteiger charge is -2.23. The second-order valence-corrected chi connectivity index (χ2v) is 4.56. The van der Waals surface area contributed by atoms with Crippen molar-refractivity contribution < 1.29 is 9.63 Å². The first-order valence-corrected chi connectivity index (χ1v) is 4.91. The minimum Gasteiger partial charge on any atom is -0.275 e. The first kappa shape index (κ1) is 9.00. The highest BCUT2D eigenvalue weighted by atomic mass is 16.7. The smallest absolute Gasteiger partial charge is 0.249 e. The summed E-state index contributed by atoms with van der Waals surface area (Å²) in [6.07, 6.45) is 3.51. The molecule has 0 aromatic carbocycles. The van der Waals surface area contributed by atoms with Gasteiger partial charge in [0.25, 0.3) is 0 Å². The van der Waals surface area contributed by atoms with E-state index >= 15 is 0 Å². The lowest BCUT2D eigenvalue weighted by molar-refractivity contribution is -0.175. The molecule has 0 spiro atoms. The summed E-state index contributed by atoms with van der Waals surface area (Å²) in [5.41, 5.74) is 0.309. The van der Waals surface area contributed by atoms with Crippen LogP contribution in [0.2, 0.25) is 0 Å². The molecule has 0 aromatic rings. The Morgan fingerprint density at radius 3 is 2.62 bits per heavy atom. The zero-order valence-corrected chi connectivity index (χ0v) is 8.54. The van der Waals surface area contributed by atoms with Crippen LogP contribution in [-0.2, 0) is 9.63 Å². The molecule has 2 rings (SSSR count). The molecule has 0 heterocycles. The highest BCUT2D eigenvalue weighted by Crippen LogP contribution is 2.66. The average molecular weight is 183 g/mol. The number of hydroxylamine groups is 2. The minimum absolute atomic E-state index is 0.157. The summed E-state index contributed by atoms with van der Waals surface area (Å²) in [6, 6.07) is 0. The molecule has 2 aliphatic rings. The molecule has 3 nitrogen and oxygen atoms in total. The number of hydrogen-bond acceptors (Lipinski definition) is 2. The Morgan fingerprint density at radius 2 is 2.23 bits per heavy atom. The minimum atomic E-state index is 0.157. The number of carbonyl (C=O) groups is 1. The van der Waals surface area contributed by atoms with Crippen LogP contribution in [0.25, 0.3) is 0 Å². The van der Waals surface area contributed by atoms with Crippen molar-refractivity contribution in [1.82, 2.24) is 5.06 Å². The summed E-state index contributed by atoms with van der Waals surface area (Å²) < 4.78 is 0. The van der Waals surface area contributed by atoms with Gasteiger partial charge in [0.15, 0.2) is 0 Å². The van der Waals surface area contributed by atoms with Crippen LogP contribution in [0, 0.1) is 17.3 Å².